The molecule has 1 aliphatic heterocycles. The Kier molecular flexibility index (Phi) is 2.90. The van der Waals surface area contributed by atoms with E-state index < -0.39 is 23.6 Å². The molecule has 7 heteroatoms. The summed E-state index contributed by atoms with van der Waals surface area (Å²) < 4.78 is 6.59. The van der Waals surface area contributed by atoms with Gasteiger partial charge >= 0.3 is 5.69 Å². The SMILES string of the molecule is CC1(O)CC(CO)OC1n1ccc(N)nc1=O. The van der Waals surface area contributed by atoms with E-state index in [1.807, 2.05) is 0 Å². The van der Waals surface area contributed by atoms with Crippen LogP contribution in [0.25, 0.3) is 0 Å². The fourth-order valence-electron chi connectivity index (χ4n) is 2.02. The summed E-state index contributed by atoms with van der Waals surface area (Å²) in [6.07, 6.45) is 0.328. The van der Waals surface area contributed by atoms with Crippen molar-refractivity contribution in [2.75, 3.05) is 12.3 Å². The molecule has 0 bridgehead atoms. The highest BCUT2D eigenvalue weighted by molar-refractivity contribution is 5.23. The van der Waals surface area contributed by atoms with Gasteiger partial charge in [0.25, 0.3) is 0 Å². The number of aliphatic hydroxyl groups excluding tert-OH is 1. The Labute approximate surface area is 97.5 Å². The van der Waals surface area contributed by atoms with E-state index in [9.17, 15) is 9.90 Å². The third-order valence-corrected chi connectivity index (χ3v) is 2.80. The highest BCUT2D eigenvalue weighted by Crippen LogP contribution is 2.36. The molecule has 1 aromatic rings. The minimum Gasteiger partial charge on any atom is -0.394 e. The summed E-state index contributed by atoms with van der Waals surface area (Å²) in [4.78, 5) is 15.2. The van der Waals surface area contributed by atoms with Crippen LogP contribution in [0.3, 0.4) is 0 Å². The molecular formula is C10H15N3O4. The van der Waals surface area contributed by atoms with Gasteiger partial charge in [-0.2, -0.15) is 4.98 Å². The molecular weight excluding hydrogens is 226 g/mol. The molecule has 0 aliphatic carbocycles. The van der Waals surface area contributed by atoms with Gasteiger partial charge in [-0.3, -0.25) is 4.57 Å². The van der Waals surface area contributed by atoms with E-state index in [-0.39, 0.29) is 18.8 Å². The van der Waals surface area contributed by atoms with Crippen molar-refractivity contribution in [3.05, 3.63) is 22.7 Å². The number of rotatable bonds is 2. The van der Waals surface area contributed by atoms with Gasteiger partial charge in [-0.1, -0.05) is 0 Å². The van der Waals surface area contributed by atoms with Crippen LogP contribution in [0.4, 0.5) is 5.82 Å². The van der Waals surface area contributed by atoms with Crippen LogP contribution in [0.5, 0.6) is 0 Å². The van der Waals surface area contributed by atoms with Crippen LogP contribution in [0.1, 0.15) is 19.6 Å². The predicted octanol–water partition coefficient (Wildman–Crippen LogP) is -1.14. The van der Waals surface area contributed by atoms with Crippen molar-refractivity contribution in [1.29, 1.82) is 0 Å². The van der Waals surface area contributed by atoms with Gasteiger partial charge in [0, 0.05) is 12.6 Å². The van der Waals surface area contributed by atoms with Crippen LogP contribution in [0, 0.1) is 0 Å². The van der Waals surface area contributed by atoms with Gasteiger partial charge in [0.05, 0.1) is 12.7 Å². The zero-order valence-electron chi connectivity index (χ0n) is 9.41. The number of aliphatic hydroxyl groups is 2. The number of hydrogen-bond acceptors (Lipinski definition) is 6. The molecule has 0 spiro atoms. The molecule has 1 fully saturated rings. The number of aromatic nitrogens is 2. The van der Waals surface area contributed by atoms with Crippen molar-refractivity contribution in [3.8, 4) is 0 Å². The Morgan fingerprint density at radius 1 is 1.76 bits per heavy atom. The monoisotopic (exact) mass is 241 g/mol. The molecule has 7 nitrogen and oxygen atoms in total. The van der Waals surface area contributed by atoms with E-state index >= 15 is 0 Å². The van der Waals surface area contributed by atoms with E-state index in [1.54, 1.807) is 6.92 Å². The normalized spacial score (nSPS) is 32.9. The zero-order valence-corrected chi connectivity index (χ0v) is 9.41. The number of nitrogen functional groups attached to an aromatic ring is 1. The molecule has 1 aromatic heterocycles. The topological polar surface area (TPSA) is 111 Å². The minimum atomic E-state index is -1.23. The van der Waals surface area contributed by atoms with Crippen molar-refractivity contribution >= 4 is 5.82 Å². The molecule has 94 valence electrons. The van der Waals surface area contributed by atoms with E-state index in [4.69, 9.17) is 15.6 Å². The first-order chi connectivity index (χ1) is 7.94. The third-order valence-electron chi connectivity index (χ3n) is 2.80. The molecule has 2 heterocycles. The van der Waals surface area contributed by atoms with Crippen molar-refractivity contribution in [3.63, 3.8) is 0 Å². The largest absolute Gasteiger partial charge is 0.394 e. The second kappa shape index (κ2) is 4.10. The second-order valence-electron chi connectivity index (χ2n) is 4.40. The van der Waals surface area contributed by atoms with Gasteiger partial charge in [0.15, 0.2) is 6.23 Å². The number of ether oxygens (including phenoxy) is 1. The Balaban J connectivity index is 2.37. The van der Waals surface area contributed by atoms with Crippen molar-refractivity contribution < 1.29 is 14.9 Å². The summed E-state index contributed by atoms with van der Waals surface area (Å²) >= 11 is 0. The summed E-state index contributed by atoms with van der Waals surface area (Å²) in [5, 5.41) is 19.2. The lowest BCUT2D eigenvalue weighted by Gasteiger charge is -2.24. The lowest BCUT2D eigenvalue weighted by molar-refractivity contribution is -0.0896. The predicted molar refractivity (Wildman–Crippen MR) is 59.1 cm³/mol. The first-order valence-corrected chi connectivity index (χ1v) is 5.27. The summed E-state index contributed by atoms with van der Waals surface area (Å²) in [6.45, 7) is 1.35. The van der Waals surface area contributed by atoms with E-state index in [2.05, 4.69) is 4.98 Å². The maximum atomic E-state index is 11.6. The number of hydrogen-bond donors (Lipinski definition) is 3. The van der Waals surface area contributed by atoms with Gasteiger partial charge in [-0.25, -0.2) is 4.79 Å². The molecule has 4 N–H and O–H groups in total. The fraction of sp³-hybridized carbons (Fsp3) is 0.600. The van der Waals surface area contributed by atoms with Gasteiger partial charge in [-0.05, 0) is 13.0 Å². The van der Waals surface area contributed by atoms with E-state index in [0.717, 1.165) is 0 Å². The average Bonchev–Trinajstić information content (AvgIpc) is 2.54. The van der Waals surface area contributed by atoms with Crippen molar-refractivity contribution in [2.24, 2.45) is 0 Å². The Hall–Kier alpha value is -1.44. The first-order valence-electron chi connectivity index (χ1n) is 5.27. The number of nitrogens with zero attached hydrogens (tertiary/aromatic N) is 2. The van der Waals surface area contributed by atoms with Gasteiger partial charge < -0.3 is 20.7 Å². The van der Waals surface area contributed by atoms with Gasteiger partial charge in [0.2, 0.25) is 0 Å². The average molecular weight is 241 g/mol. The standard InChI is InChI=1S/C10H15N3O4/c1-10(16)4-6(5-14)17-8(10)13-3-2-7(11)12-9(13)15/h2-3,6,8,14,16H,4-5H2,1H3,(H2,11,12,15). The molecule has 0 radical (unpaired) electrons. The van der Waals surface area contributed by atoms with Crippen LogP contribution in [0.2, 0.25) is 0 Å². The van der Waals surface area contributed by atoms with Gasteiger partial charge in [-0.15, -0.1) is 0 Å². The highest BCUT2D eigenvalue weighted by atomic mass is 16.5. The Bertz CT molecular complexity index is 471. The van der Waals surface area contributed by atoms with Crippen LogP contribution in [-0.2, 0) is 4.74 Å². The van der Waals surface area contributed by atoms with Crippen LogP contribution >= 0.6 is 0 Å². The molecule has 0 saturated carbocycles. The second-order valence-corrected chi connectivity index (χ2v) is 4.40. The number of nitrogens with two attached hydrogens (primary N) is 1. The summed E-state index contributed by atoms with van der Waals surface area (Å²) in [5.74, 6) is 0.114. The molecule has 1 aliphatic rings. The Morgan fingerprint density at radius 3 is 3.00 bits per heavy atom. The van der Waals surface area contributed by atoms with Crippen LogP contribution in [-0.4, -0.2) is 38.1 Å². The maximum absolute atomic E-state index is 11.6. The third kappa shape index (κ3) is 2.17. The zero-order chi connectivity index (χ0) is 12.6. The minimum absolute atomic E-state index is 0.114. The van der Waals surface area contributed by atoms with E-state index in [0.29, 0.717) is 0 Å². The molecule has 0 aromatic carbocycles. The molecule has 17 heavy (non-hydrogen) atoms. The molecule has 2 rings (SSSR count). The van der Waals surface area contributed by atoms with Crippen LogP contribution < -0.4 is 11.4 Å². The molecule has 3 unspecified atom stereocenters. The lowest BCUT2D eigenvalue weighted by atomic mass is 10.0. The van der Waals surface area contributed by atoms with E-state index in [1.165, 1.54) is 16.8 Å². The lowest BCUT2D eigenvalue weighted by Crippen LogP contribution is -2.38. The fourth-order valence-corrected chi connectivity index (χ4v) is 2.02. The smallest absolute Gasteiger partial charge is 0.351 e. The number of anilines is 1. The summed E-state index contributed by atoms with van der Waals surface area (Å²) in [7, 11) is 0. The van der Waals surface area contributed by atoms with Crippen molar-refractivity contribution in [2.45, 2.75) is 31.3 Å². The quantitative estimate of drug-likeness (QED) is 0.603. The maximum Gasteiger partial charge on any atom is 0.351 e. The highest BCUT2D eigenvalue weighted by Gasteiger charge is 2.45. The molecule has 1 saturated heterocycles. The Morgan fingerprint density at radius 2 is 2.47 bits per heavy atom. The van der Waals surface area contributed by atoms with Crippen LogP contribution in [0.15, 0.2) is 17.1 Å². The molecule has 0 amide bonds. The first kappa shape index (κ1) is 12.0. The molecule has 3 atom stereocenters. The summed E-state index contributed by atoms with van der Waals surface area (Å²) in [5.41, 5.74) is 3.56. The summed E-state index contributed by atoms with van der Waals surface area (Å²) in [6, 6.07) is 1.45. The van der Waals surface area contributed by atoms with Gasteiger partial charge in [0.1, 0.15) is 11.4 Å². The van der Waals surface area contributed by atoms with Crippen molar-refractivity contribution in [1.82, 2.24) is 9.55 Å².